The molecule has 0 amide bonds. The van der Waals surface area contributed by atoms with Crippen molar-refractivity contribution >= 4 is 45.2 Å². The molecule has 0 radical (unpaired) electrons. The number of hydrogen-bond donors (Lipinski definition) is 2. The van der Waals surface area contributed by atoms with Crippen LogP contribution in [0.25, 0.3) is 10.2 Å². The number of nitrogens with zero attached hydrogens (tertiary/aromatic N) is 5. The largest absolute Gasteiger partial charge is 0.291 e. The smallest absolute Gasteiger partial charge is 0.248 e. The standard InChI is InChI=1S/C16H15N7S2/c1-9-7-10(2)18-14(17-9)21-15-20-13(22-23-15)8-24-16-19-11-5-3-4-6-12(11)25-16/h3-7H,8H2,1-2H3,(H2,17,18,20,21,22,23). The third-order valence-electron chi connectivity index (χ3n) is 3.34. The van der Waals surface area contributed by atoms with Crippen LogP contribution in [0.2, 0.25) is 0 Å². The van der Waals surface area contributed by atoms with Crippen molar-refractivity contribution in [3.63, 3.8) is 0 Å². The molecule has 0 bridgehead atoms. The maximum Gasteiger partial charge on any atom is 0.248 e. The second-order valence-corrected chi connectivity index (χ2v) is 7.69. The lowest BCUT2D eigenvalue weighted by atomic mass is 10.3. The minimum atomic E-state index is 0.463. The number of aryl methyl sites for hydroxylation is 2. The molecule has 3 heterocycles. The molecule has 0 atom stereocenters. The number of aromatic amines is 1. The Kier molecular flexibility index (Phi) is 4.33. The molecule has 0 aliphatic rings. The summed E-state index contributed by atoms with van der Waals surface area (Å²) < 4.78 is 2.21. The van der Waals surface area contributed by atoms with Crippen molar-refractivity contribution in [2.45, 2.75) is 23.9 Å². The number of aromatic nitrogens is 6. The molecule has 7 nitrogen and oxygen atoms in total. The number of para-hydroxylation sites is 1. The van der Waals surface area contributed by atoms with Crippen molar-refractivity contribution in [3.8, 4) is 0 Å². The number of hydrogen-bond acceptors (Lipinski definition) is 8. The summed E-state index contributed by atoms with van der Waals surface area (Å²) in [6.07, 6.45) is 0. The van der Waals surface area contributed by atoms with Gasteiger partial charge in [0.2, 0.25) is 11.9 Å². The molecule has 1 aromatic carbocycles. The predicted molar refractivity (Wildman–Crippen MR) is 100 cm³/mol. The van der Waals surface area contributed by atoms with Crippen molar-refractivity contribution in [1.29, 1.82) is 0 Å². The first-order valence-electron chi connectivity index (χ1n) is 7.65. The topological polar surface area (TPSA) is 92.3 Å². The molecule has 126 valence electrons. The van der Waals surface area contributed by atoms with Crippen LogP contribution in [0, 0.1) is 13.8 Å². The zero-order chi connectivity index (χ0) is 17.2. The van der Waals surface area contributed by atoms with E-state index in [0.29, 0.717) is 17.6 Å². The molecule has 0 aliphatic carbocycles. The molecule has 0 fully saturated rings. The minimum Gasteiger partial charge on any atom is -0.291 e. The van der Waals surface area contributed by atoms with Gasteiger partial charge in [-0.05, 0) is 32.0 Å². The highest BCUT2D eigenvalue weighted by molar-refractivity contribution is 8.00. The summed E-state index contributed by atoms with van der Waals surface area (Å²) in [5, 5.41) is 10.1. The lowest BCUT2D eigenvalue weighted by Crippen LogP contribution is -2.01. The Morgan fingerprint density at radius 3 is 2.64 bits per heavy atom. The van der Waals surface area contributed by atoms with Gasteiger partial charge in [-0.1, -0.05) is 23.9 Å². The second kappa shape index (κ2) is 6.77. The molecular formula is C16H15N7S2. The summed E-state index contributed by atoms with van der Waals surface area (Å²) in [5.41, 5.74) is 2.83. The lowest BCUT2D eigenvalue weighted by Gasteiger charge is -2.02. The SMILES string of the molecule is Cc1cc(C)nc(Nc2n[nH]c(CSc3nc4ccccc4s3)n2)n1. The highest BCUT2D eigenvalue weighted by Gasteiger charge is 2.09. The van der Waals surface area contributed by atoms with Crippen molar-refractivity contribution in [1.82, 2.24) is 30.1 Å². The van der Waals surface area contributed by atoms with Crippen LogP contribution in [0.1, 0.15) is 17.2 Å². The van der Waals surface area contributed by atoms with Gasteiger partial charge in [-0.3, -0.25) is 10.4 Å². The van der Waals surface area contributed by atoms with E-state index >= 15 is 0 Å². The fourth-order valence-electron chi connectivity index (χ4n) is 2.34. The average Bonchev–Trinajstić information content (AvgIpc) is 3.18. The van der Waals surface area contributed by atoms with Crippen LogP contribution in [0.5, 0.6) is 0 Å². The zero-order valence-corrected chi connectivity index (χ0v) is 15.3. The molecule has 0 saturated heterocycles. The molecule has 9 heteroatoms. The number of anilines is 2. The van der Waals surface area contributed by atoms with Gasteiger partial charge in [0, 0.05) is 11.4 Å². The summed E-state index contributed by atoms with van der Waals surface area (Å²) in [6.45, 7) is 3.86. The third kappa shape index (κ3) is 3.77. The van der Waals surface area contributed by atoms with Gasteiger partial charge in [0.05, 0.1) is 16.0 Å². The van der Waals surface area contributed by atoms with Crippen LogP contribution in [0.15, 0.2) is 34.7 Å². The van der Waals surface area contributed by atoms with Gasteiger partial charge < -0.3 is 0 Å². The number of H-pyrrole nitrogens is 1. The van der Waals surface area contributed by atoms with Gasteiger partial charge in [-0.25, -0.2) is 15.0 Å². The van der Waals surface area contributed by atoms with Crippen LogP contribution in [0.4, 0.5) is 11.9 Å². The van der Waals surface area contributed by atoms with Gasteiger partial charge in [-0.2, -0.15) is 4.98 Å². The van der Waals surface area contributed by atoms with Crippen LogP contribution < -0.4 is 5.32 Å². The summed E-state index contributed by atoms with van der Waals surface area (Å²) >= 11 is 3.32. The van der Waals surface area contributed by atoms with Crippen LogP contribution >= 0.6 is 23.1 Å². The van der Waals surface area contributed by atoms with E-state index in [0.717, 1.165) is 27.1 Å². The van der Waals surface area contributed by atoms with Crippen LogP contribution in [-0.4, -0.2) is 30.1 Å². The number of fused-ring (bicyclic) bond motifs is 1. The van der Waals surface area contributed by atoms with E-state index in [1.807, 2.05) is 38.1 Å². The zero-order valence-electron chi connectivity index (χ0n) is 13.6. The molecule has 2 N–H and O–H groups in total. The Bertz CT molecular complexity index is 971. The molecule has 0 spiro atoms. The molecule has 4 rings (SSSR count). The van der Waals surface area contributed by atoms with Gasteiger partial charge in [-0.15, -0.1) is 16.4 Å². The van der Waals surface area contributed by atoms with E-state index in [4.69, 9.17) is 0 Å². The van der Waals surface area contributed by atoms with E-state index in [1.54, 1.807) is 23.1 Å². The maximum atomic E-state index is 4.61. The Balaban J connectivity index is 1.42. The quantitative estimate of drug-likeness (QED) is 0.516. The van der Waals surface area contributed by atoms with Gasteiger partial charge in [0.1, 0.15) is 5.82 Å². The molecule has 0 saturated carbocycles. The molecular weight excluding hydrogens is 354 g/mol. The van der Waals surface area contributed by atoms with E-state index in [2.05, 4.69) is 41.5 Å². The van der Waals surface area contributed by atoms with Crippen molar-refractivity contribution in [2.75, 3.05) is 5.32 Å². The Hall–Kier alpha value is -2.52. The van der Waals surface area contributed by atoms with E-state index in [-0.39, 0.29) is 0 Å². The first-order chi connectivity index (χ1) is 12.2. The fraction of sp³-hybridized carbons (Fsp3) is 0.188. The number of thiazole rings is 1. The van der Waals surface area contributed by atoms with Crippen LogP contribution in [0.3, 0.4) is 0 Å². The maximum absolute atomic E-state index is 4.61. The molecule has 0 unspecified atom stereocenters. The highest BCUT2D eigenvalue weighted by Crippen LogP contribution is 2.30. The van der Waals surface area contributed by atoms with E-state index in [1.165, 1.54) is 4.70 Å². The molecule has 3 aromatic heterocycles. The van der Waals surface area contributed by atoms with Crippen LogP contribution in [-0.2, 0) is 5.75 Å². The molecule has 4 aromatic rings. The third-order valence-corrected chi connectivity index (χ3v) is 5.53. The monoisotopic (exact) mass is 369 g/mol. The fourth-order valence-corrected chi connectivity index (χ4v) is 4.27. The van der Waals surface area contributed by atoms with Crippen molar-refractivity contribution in [2.24, 2.45) is 0 Å². The number of benzene rings is 1. The Morgan fingerprint density at radius 2 is 1.84 bits per heavy atom. The van der Waals surface area contributed by atoms with Crippen molar-refractivity contribution < 1.29 is 0 Å². The highest BCUT2D eigenvalue weighted by atomic mass is 32.2. The molecule has 25 heavy (non-hydrogen) atoms. The number of rotatable bonds is 5. The van der Waals surface area contributed by atoms with Gasteiger partial charge in [0.25, 0.3) is 0 Å². The number of thioether (sulfide) groups is 1. The lowest BCUT2D eigenvalue weighted by molar-refractivity contribution is 1.02. The van der Waals surface area contributed by atoms with Gasteiger partial charge in [0.15, 0.2) is 4.34 Å². The first kappa shape index (κ1) is 16.0. The second-order valence-electron chi connectivity index (χ2n) is 5.44. The average molecular weight is 369 g/mol. The minimum absolute atomic E-state index is 0.463. The van der Waals surface area contributed by atoms with Crippen molar-refractivity contribution in [3.05, 3.63) is 47.5 Å². The summed E-state index contributed by atoms with van der Waals surface area (Å²) in [7, 11) is 0. The summed E-state index contributed by atoms with van der Waals surface area (Å²) in [6, 6.07) is 10.1. The Labute approximate surface area is 152 Å². The normalized spacial score (nSPS) is 11.1. The summed E-state index contributed by atoms with van der Waals surface area (Å²) in [4.78, 5) is 17.7. The molecule has 0 aliphatic heterocycles. The summed E-state index contributed by atoms with van der Waals surface area (Å²) in [5.74, 6) is 2.41. The van der Waals surface area contributed by atoms with E-state index in [9.17, 15) is 0 Å². The predicted octanol–water partition coefficient (Wildman–Crippen LogP) is 3.86. The van der Waals surface area contributed by atoms with Gasteiger partial charge >= 0.3 is 0 Å². The Morgan fingerprint density at radius 1 is 1.04 bits per heavy atom. The van der Waals surface area contributed by atoms with E-state index < -0.39 is 0 Å². The number of nitrogens with one attached hydrogen (secondary N) is 2. The first-order valence-corrected chi connectivity index (χ1v) is 9.45.